The van der Waals surface area contributed by atoms with Crippen LogP contribution in [0.1, 0.15) is 0 Å². The molecule has 3 aromatic heterocycles. The van der Waals surface area contributed by atoms with E-state index >= 15 is 0 Å². The molecule has 3 rings (SSSR count). The van der Waals surface area contributed by atoms with Gasteiger partial charge in [-0.1, -0.05) is 0 Å². The van der Waals surface area contributed by atoms with Gasteiger partial charge in [-0.25, -0.2) is 4.98 Å². The molecule has 80 valence electrons. The van der Waals surface area contributed by atoms with E-state index in [-0.39, 0.29) is 0 Å². The number of aromatic amines is 1. The highest BCUT2D eigenvalue weighted by atomic mass is 15.2. The maximum absolute atomic E-state index is 5.72. The molecule has 6 nitrogen and oxygen atoms in total. The molecule has 0 spiro atoms. The van der Waals surface area contributed by atoms with Crippen LogP contribution in [0.15, 0.2) is 24.9 Å². The van der Waals surface area contributed by atoms with Gasteiger partial charge in [0.15, 0.2) is 5.82 Å². The normalized spacial score (nSPS) is 11.1. The number of nitrogen functional groups attached to an aromatic ring is 1. The number of rotatable bonds is 1. The van der Waals surface area contributed by atoms with Gasteiger partial charge in [0.25, 0.3) is 0 Å². The molecule has 6 heteroatoms. The van der Waals surface area contributed by atoms with Crippen LogP contribution < -0.4 is 5.73 Å². The number of aromatic nitrogens is 5. The number of H-pyrrole nitrogens is 1. The van der Waals surface area contributed by atoms with Crippen molar-refractivity contribution in [2.45, 2.75) is 0 Å². The van der Waals surface area contributed by atoms with Gasteiger partial charge in [0.1, 0.15) is 0 Å². The Bertz CT molecular complexity index is 650. The molecule has 0 aliphatic rings. The average molecular weight is 214 g/mol. The van der Waals surface area contributed by atoms with Gasteiger partial charge in [0.05, 0.1) is 22.9 Å². The smallest absolute Gasteiger partial charge is 0.154 e. The first-order chi connectivity index (χ1) is 7.75. The fraction of sp³-hybridized carbons (Fsp3) is 0.100. The molecule has 0 aliphatic carbocycles. The van der Waals surface area contributed by atoms with Crippen molar-refractivity contribution < 1.29 is 0 Å². The van der Waals surface area contributed by atoms with E-state index in [1.165, 1.54) is 0 Å². The highest BCUT2D eigenvalue weighted by Gasteiger charge is 2.10. The third-order valence-corrected chi connectivity index (χ3v) is 2.49. The molecule has 0 saturated heterocycles. The van der Waals surface area contributed by atoms with E-state index in [1.807, 2.05) is 17.8 Å². The third kappa shape index (κ3) is 1.16. The van der Waals surface area contributed by atoms with E-state index in [0.717, 1.165) is 22.2 Å². The summed E-state index contributed by atoms with van der Waals surface area (Å²) in [5.74, 6) is 0.459. The number of fused-ring (bicyclic) bond motifs is 1. The molecule has 16 heavy (non-hydrogen) atoms. The molecule has 0 aromatic carbocycles. The van der Waals surface area contributed by atoms with Gasteiger partial charge in [-0.3, -0.25) is 10.1 Å². The largest absolute Gasteiger partial charge is 0.382 e. The first kappa shape index (κ1) is 8.90. The Morgan fingerprint density at radius 1 is 1.38 bits per heavy atom. The number of aryl methyl sites for hydroxylation is 1. The van der Waals surface area contributed by atoms with Crippen LogP contribution in [0.5, 0.6) is 0 Å². The molecule has 0 bridgehead atoms. The van der Waals surface area contributed by atoms with Crippen molar-refractivity contribution in [3.05, 3.63) is 24.9 Å². The van der Waals surface area contributed by atoms with E-state index in [1.54, 1.807) is 18.7 Å². The van der Waals surface area contributed by atoms with Gasteiger partial charge in [-0.2, -0.15) is 5.10 Å². The average Bonchev–Trinajstić information content (AvgIpc) is 2.86. The zero-order valence-corrected chi connectivity index (χ0v) is 8.68. The second-order valence-electron chi connectivity index (χ2n) is 3.64. The standard InChI is InChI=1S/C10H10N6/c1-16-4-8(13-5-16)6-2-12-3-7-9(6)14-15-10(7)11/h2-5H,1H3,(H3,11,14,15). The maximum atomic E-state index is 5.72. The summed E-state index contributed by atoms with van der Waals surface area (Å²) in [7, 11) is 1.92. The first-order valence-electron chi connectivity index (χ1n) is 4.81. The van der Waals surface area contributed by atoms with Crippen molar-refractivity contribution in [1.29, 1.82) is 0 Å². The molecule has 3 heterocycles. The fourth-order valence-electron chi connectivity index (χ4n) is 1.70. The lowest BCUT2D eigenvalue weighted by Gasteiger charge is -1.97. The molecule has 0 aliphatic heterocycles. The lowest BCUT2D eigenvalue weighted by atomic mass is 10.1. The quantitative estimate of drug-likeness (QED) is 0.631. The van der Waals surface area contributed by atoms with Crippen LogP contribution in [0, 0.1) is 0 Å². The van der Waals surface area contributed by atoms with Crippen LogP contribution in [-0.2, 0) is 7.05 Å². The minimum Gasteiger partial charge on any atom is -0.382 e. The van der Waals surface area contributed by atoms with Gasteiger partial charge >= 0.3 is 0 Å². The first-order valence-corrected chi connectivity index (χ1v) is 4.81. The summed E-state index contributed by atoms with van der Waals surface area (Å²) in [6.45, 7) is 0. The number of imidazole rings is 1. The van der Waals surface area contributed by atoms with Crippen molar-refractivity contribution in [2.75, 3.05) is 5.73 Å². The van der Waals surface area contributed by atoms with Gasteiger partial charge in [-0.15, -0.1) is 0 Å². The van der Waals surface area contributed by atoms with Crippen molar-refractivity contribution in [3.63, 3.8) is 0 Å². The summed E-state index contributed by atoms with van der Waals surface area (Å²) in [5, 5.41) is 7.69. The summed E-state index contributed by atoms with van der Waals surface area (Å²) >= 11 is 0. The summed E-state index contributed by atoms with van der Waals surface area (Å²) in [6.07, 6.45) is 7.12. The van der Waals surface area contributed by atoms with Crippen molar-refractivity contribution in [3.8, 4) is 11.3 Å². The highest BCUT2D eigenvalue weighted by Crippen LogP contribution is 2.26. The predicted molar refractivity (Wildman–Crippen MR) is 60.5 cm³/mol. The number of hydrogen-bond donors (Lipinski definition) is 2. The van der Waals surface area contributed by atoms with E-state index in [9.17, 15) is 0 Å². The second-order valence-corrected chi connectivity index (χ2v) is 3.64. The van der Waals surface area contributed by atoms with Crippen LogP contribution in [0.4, 0.5) is 5.82 Å². The molecular weight excluding hydrogens is 204 g/mol. The number of nitrogens with one attached hydrogen (secondary N) is 1. The Labute approximate surface area is 91.1 Å². The van der Waals surface area contributed by atoms with Gasteiger partial charge in [0.2, 0.25) is 0 Å². The summed E-state index contributed by atoms with van der Waals surface area (Å²) in [5.41, 5.74) is 8.34. The molecular formula is C10H10N6. The second kappa shape index (κ2) is 3.06. The number of nitrogens with two attached hydrogens (primary N) is 1. The topological polar surface area (TPSA) is 85.4 Å². The zero-order valence-electron chi connectivity index (χ0n) is 8.68. The lowest BCUT2D eigenvalue weighted by Crippen LogP contribution is -1.85. The summed E-state index contributed by atoms with van der Waals surface area (Å²) < 4.78 is 1.88. The Morgan fingerprint density at radius 2 is 2.25 bits per heavy atom. The minimum absolute atomic E-state index is 0.459. The monoisotopic (exact) mass is 214 g/mol. The van der Waals surface area contributed by atoms with E-state index < -0.39 is 0 Å². The van der Waals surface area contributed by atoms with Gasteiger partial charge < -0.3 is 10.3 Å². The van der Waals surface area contributed by atoms with Crippen LogP contribution in [-0.4, -0.2) is 24.7 Å². The number of anilines is 1. The third-order valence-electron chi connectivity index (χ3n) is 2.49. The lowest BCUT2D eigenvalue weighted by molar-refractivity contribution is 0.913. The van der Waals surface area contributed by atoms with Crippen LogP contribution in [0.2, 0.25) is 0 Å². The molecule has 0 amide bonds. The molecule has 0 radical (unpaired) electrons. The van der Waals surface area contributed by atoms with Crippen molar-refractivity contribution >= 4 is 16.7 Å². The highest BCUT2D eigenvalue weighted by molar-refractivity contribution is 5.97. The van der Waals surface area contributed by atoms with Crippen molar-refractivity contribution in [2.24, 2.45) is 7.05 Å². The van der Waals surface area contributed by atoms with E-state index in [4.69, 9.17) is 5.73 Å². The number of hydrogen-bond acceptors (Lipinski definition) is 4. The molecule has 0 unspecified atom stereocenters. The maximum Gasteiger partial charge on any atom is 0.154 e. The Balaban J connectivity index is 2.31. The Morgan fingerprint density at radius 3 is 3.00 bits per heavy atom. The van der Waals surface area contributed by atoms with Crippen LogP contribution in [0.3, 0.4) is 0 Å². The minimum atomic E-state index is 0.459. The van der Waals surface area contributed by atoms with Crippen LogP contribution in [0.25, 0.3) is 22.2 Å². The Hall–Kier alpha value is -2.37. The zero-order chi connectivity index (χ0) is 11.1. The van der Waals surface area contributed by atoms with E-state index in [0.29, 0.717) is 5.82 Å². The SMILES string of the molecule is Cn1cnc(-c2cncc3c(N)n[nH]c23)c1. The van der Waals surface area contributed by atoms with Crippen molar-refractivity contribution in [1.82, 2.24) is 24.7 Å². The van der Waals surface area contributed by atoms with Gasteiger partial charge in [-0.05, 0) is 0 Å². The molecule has 0 fully saturated rings. The van der Waals surface area contributed by atoms with Crippen LogP contribution >= 0.6 is 0 Å². The number of pyridine rings is 1. The van der Waals surface area contributed by atoms with Gasteiger partial charge in [0, 0.05) is 31.2 Å². The summed E-state index contributed by atoms with van der Waals surface area (Å²) in [6, 6.07) is 0. The Kier molecular flexibility index (Phi) is 1.70. The summed E-state index contributed by atoms with van der Waals surface area (Å²) in [4.78, 5) is 8.42. The molecule has 0 saturated carbocycles. The predicted octanol–water partition coefficient (Wildman–Crippen LogP) is 0.941. The molecule has 3 N–H and O–H groups in total. The molecule has 3 aromatic rings. The molecule has 0 atom stereocenters. The fourth-order valence-corrected chi connectivity index (χ4v) is 1.70. The number of nitrogens with zero attached hydrogens (tertiary/aromatic N) is 4. The van der Waals surface area contributed by atoms with E-state index in [2.05, 4.69) is 20.2 Å².